The van der Waals surface area contributed by atoms with Gasteiger partial charge in [-0.05, 0) is 37.1 Å². The second-order valence-electron chi connectivity index (χ2n) is 6.37. The summed E-state index contributed by atoms with van der Waals surface area (Å²) in [6, 6.07) is 14.7. The van der Waals surface area contributed by atoms with Crippen molar-refractivity contribution >= 4 is 28.3 Å². The minimum atomic E-state index is -3.51. The number of nitrogens with two attached hydrogens (primary N) is 1. The molecule has 0 radical (unpaired) electrons. The molecule has 6 nitrogen and oxygen atoms in total. The van der Waals surface area contributed by atoms with E-state index in [0.717, 1.165) is 11.1 Å². The van der Waals surface area contributed by atoms with E-state index in [0.29, 0.717) is 0 Å². The molecular weight excluding hydrogens is 386 g/mol. The van der Waals surface area contributed by atoms with E-state index in [4.69, 9.17) is 5.73 Å². The average molecular weight is 412 g/mol. The van der Waals surface area contributed by atoms with Crippen molar-refractivity contribution in [3.63, 3.8) is 0 Å². The zero-order valence-electron chi connectivity index (χ0n) is 15.6. The highest BCUT2D eigenvalue weighted by Gasteiger charge is 2.22. The SMILES string of the molecule is CC(C)N(C)S(=O)(=O)c1ccc(CNC(=O)C(N)c2ccccc2)cc1.Cl. The lowest BCUT2D eigenvalue weighted by Crippen LogP contribution is -2.34. The molecule has 1 unspecified atom stereocenters. The van der Waals surface area contributed by atoms with Gasteiger partial charge in [0.25, 0.3) is 0 Å². The van der Waals surface area contributed by atoms with Gasteiger partial charge in [-0.15, -0.1) is 12.4 Å². The van der Waals surface area contributed by atoms with Crippen molar-refractivity contribution in [2.45, 2.75) is 37.4 Å². The molecule has 0 saturated heterocycles. The molecule has 0 bridgehead atoms. The quantitative estimate of drug-likeness (QED) is 0.731. The summed E-state index contributed by atoms with van der Waals surface area (Å²) in [4.78, 5) is 12.4. The van der Waals surface area contributed by atoms with Gasteiger partial charge in [-0.1, -0.05) is 42.5 Å². The van der Waals surface area contributed by atoms with Crippen LogP contribution in [0.15, 0.2) is 59.5 Å². The Balaban J connectivity index is 0.00000364. The van der Waals surface area contributed by atoms with Crippen molar-refractivity contribution in [1.82, 2.24) is 9.62 Å². The van der Waals surface area contributed by atoms with Crippen LogP contribution in [0.1, 0.15) is 31.0 Å². The van der Waals surface area contributed by atoms with Gasteiger partial charge in [0.1, 0.15) is 6.04 Å². The van der Waals surface area contributed by atoms with Gasteiger partial charge in [-0.25, -0.2) is 8.42 Å². The molecule has 0 aromatic heterocycles. The van der Waals surface area contributed by atoms with E-state index in [1.54, 1.807) is 43.4 Å². The predicted molar refractivity (Wildman–Crippen MR) is 109 cm³/mol. The van der Waals surface area contributed by atoms with Crippen LogP contribution in [-0.2, 0) is 21.4 Å². The number of rotatable bonds is 7. The van der Waals surface area contributed by atoms with Crippen LogP contribution in [0.25, 0.3) is 0 Å². The lowest BCUT2D eigenvalue weighted by Gasteiger charge is -2.21. The first-order valence-corrected chi connectivity index (χ1v) is 9.82. The molecule has 0 aliphatic carbocycles. The molecule has 148 valence electrons. The maximum absolute atomic E-state index is 12.4. The van der Waals surface area contributed by atoms with Crippen molar-refractivity contribution in [2.24, 2.45) is 5.73 Å². The Bertz CT molecular complexity index is 840. The van der Waals surface area contributed by atoms with E-state index in [2.05, 4.69) is 5.32 Å². The summed E-state index contributed by atoms with van der Waals surface area (Å²) < 4.78 is 26.2. The molecule has 1 amide bonds. The Morgan fingerprint density at radius 2 is 1.63 bits per heavy atom. The van der Waals surface area contributed by atoms with Gasteiger partial charge in [0.2, 0.25) is 15.9 Å². The molecule has 27 heavy (non-hydrogen) atoms. The van der Waals surface area contributed by atoms with Gasteiger partial charge in [-0.3, -0.25) is 4.79 Å². The molecule has 0 fully saturated rings. The van der Waals surface area contributed by atoms with E-state index in [1.165, 1.54) is 4.31 Å². The number of halogens is 1. The van der Waals surface area contributed by atoms with Crippen LogP contribution in [0.2, 0.25) is 0 Å². The van der Waals surface area contributed by atoms with Crippen molar-refractivity contribution in [2.75, 3.05) is 7.05 Å². The zero-order chi connectivity index (χ0) is 19.3. The molecule has 0 aliphatic heterocycles. The van der Waals surface area contributed by atoms with Gasteiger partial charge in [-0.2, -0.15) is 4.31 Å². The van der Waals surface area contributed by atoms with Gasteiger partial charge in [0.15, 0.2) is 0 Å². The van der Waals surface area contributed by atoms with E-state index in [1.807, 2.05) is 32.0 Å². The lowest BCUT2D eigenvalue weighted by atomic mass is 10.1. The molecule has 2 aromatic rings. The number of hydrogen-bond acceptors (Lipinski definition) is 4. The number of carbonyl (C=O) groups is 1. The lowest BCUT2D eigenvalue weighted by molar-refractivity contribution is -0.122. The molecule has 0 aliphatic rings. The van der Waals surface area contributed by atoms with Crippen LogP contribution in [0.5, 0.6) is 0 Å². The fourth-order valence-corrected chi connectivity index (χ4v) is 3.70. The van der Waals surface area contributed by atoms with Crippen LogP contribution in [0, 0.1) is 0 Å². The van der Waals surface area contributed by atoms with Crippen molar-refractivity contribution < 1.29 is 13.2 Å². The molecule has 2 aromatic carbocycles. The van der Waals surface area contributed by atoms with E-state index in [9.17, 15) is 13.2 Å². The van der Waals surface area contributed by atoms with Crippen LogP contribution in [-0.4, -0.2) is 31.7 Å². The van der Waals surface area contributed by atoms with Crippen LogP contribution in [0.4, 0.5) is 0 Å². The predicted octanol–water partition coefficient (Wildman–Crippen LogP) is 2.45. The highest BCUT2D eigenvalue weighted by atomic mass is 35.5. The summed E-state index contributed by atoms with van der Waals surface area (Å²) in [6.45, 7) is 3.91. The topological polar surface area (TPSA) is 92.5 Å². The second-order valence-corrected chi connectivity index (χ2v) is 8.36. The number of sulfonamides is 1. The van der Waals surface area contributed by atoms with Gasteiger partial charge < -0.3 is 11.1 Å². The van der Waals surface area contributed by atoms with Crippen molar-refractivity contribution in [3.8, 4) is 0 Å². The Hall–Kier alpha value is -1.93. The van der Waals surface area contributed by atoms with Crippen LogP contribution < -0.4 is 11.1 Å². The zero-order valence-corrected chi connectivity index (χ0v) is 17.3. The molecular formula is C19H26ClN3O3S. The molecule has 2 rings (SSSR count). The number of nitrogens with one attached hydrogen (secondary N) is 1. The van der Waals surface area contributed by atoms with E-state index >= 15 is 0 Å². The van der Waals surface area contributed by atoms with Gasteiger partial charge >= 0.3 is 0 Å². The summed E-state index contributed by atoms with van der Waals surface area (Å²) in [7, 11) is -1.96. The summed E-state index contributed by atoms with van der Waals surface area (Å²) in [5.41, 5.74) is 7.48. The summed E-state index contributed by atoms with van der Waals surface area (Å²) in [5.74, 6) is -0.285. The molecule has 3 N–H and O–H groups in total. The molecule has 0 saturated carbocycles. The summed E-state index contributed by atoms with van der Waals surface area (Å²) in [6.07, 6.45) is 0. The third-order valence-corrected chi connectivity index (χ3v) is 6.28. The van der Waals surface area contributed by atoms with Gasteiger partial charge in [0.05, 0.1) is 4.90 Å². The Morgan fingerprint density at radius 3 is 2.15 bits per heavy atom. The number of amides is 1. The number of nitrogens with zero attached hydrogens (tertiary/aromatic N) is 1. The fourth-order valence-electron chi connectivity index (χ4n) is 2.33. The largest absolute Gasteiger partial charge is 0.350 e. The Morgan fingerprint density at radius 1 is 1.07 bits per heavy atom. The highest BCUT2D eigenvalue weighted by Crippen LogP contribution is 2.17. The fraction of sp³-hybridized carbons (Fsp3) is 0.316. The third kappa shape index (κ3) is 5.77. The van der Waals surface area contributed by atoms with E-state index < -0.39 is 16.1 Å². The van der Waals surface area contributed by atoms with Crippen molar-refractivity contribution in [1.29, 1.82) is 0 Å². The first kappa shape index (κ1) is 23.1. The monoisotopic (exact) mass is 411 g/mol. The van der Waals surface area contributed by atoms with Gasteiger partial charge in [0, 0.05) is 19.6 Å². The first-order valence-electron chi connectivity index (χ1n) is 8.38. The molecule has 0 heterocycles. The number of benzene rings is 2. The minimum Gasteiger partial charge on any atom is -0.350 e. The standard InChI is InChI=1S/C19H25N3O3S.ClH/c1-14(2)22(3)26(24,25)17-11-9-15(10-12-17)13-21-19(23)18(20)16-7-5-4-6-8-16;/h4-12,14,18H,13,20H2,1-3H3,(H,21,23);1H. The normalized spacial score (nSPS) is 12.5. The van der Waals surface area contributed by atoms with Crippen LogP contribution in [0.3, 0.4) is 0 Å². The smallest absolute Gasteiger partial charge is 0.243 e. The number of carbonyl (C=O) groups excluding carboxylic acids is 1. The Labute approximate surface area is 167 Å². The first-order chi connectivity index (χ1) is 12.2. The maximum atomic E-state index is 12.4. The molecule has 8 heteroatoms. The van der Waals surface area contributed by atoms with Crippen LogP contribution >= 0.6 is 12.4 Å². The molecule has 0 spiro atoms. The third-order valence-electron chi connectivity index (χ3n) is 4.24. The maximum Gasteiger partial charge on any atom is 0.243 e. The summed E-state index contributed by atoms with van der Waals surface area (Å²) >= 11 is 0. The second kappa shape index (κ2) is 9.85. The van der Waals surface area contributed by atoms with Crippen molar-refractivity contribution in [3.05, 3.63) is 65.7 Å². The molecule has 1 atom stereocenters. The minimum absolute atomic E-state index is 0. The Kier molecular flexibility index (Phi) is 8.43. The number of hydrogen-bond donors (Lipinski definition) is 2. The average Bonchev–Trinajstić information content (AvgIpc) is 2.65. The summed E-state index contributed by atoms with van der Waals surface area (Å²) in [5, 5.41) is 2.77. The van der Waals surface area contributed by atoms with E-state index in [-0.39, 0.29) is 35.8 Å². The highest BCUT2D eigenvalue weighted by molar-refractivity contribution is 7.89.